The minimum absolute atomic E-state index is 0.0984. The monoisotopic (exact) mass is 419 g/mol. The minimum Gasteiger partial charge on any atom is -0.495 e. The standard InChI is InChI=1S/C24H21NO6/c1-15-8-10-19(28-2)18(12-15)25-23(26)22(16-6-4-3-5-7-16)31-24(27)17-9-11-20-21(13-17)30-14-29-20/h3-13,22H,14H2,1-2H3,(H,25,26)/t22-/m0/s1. The number of ether oxygens (including phenoxy) is 4. The number of esters is 1. The Balaban J connectivity index is 1.60. The molecule has 0 saturated carbocycles. The number of aryl methyl sites for hydroxylation is 1. The number of carbonyl (C=O) groups is 2. The number of nitrogens with one attached hydrogen (secondary N) is 1. The summed E-state index contributed by atoms with van der Waals surface area (Å²) in [6.45, 7) is 2.00. The largest absolute Gasteiger partial charge is 0.495 e. The third-order valence-electron chi connectivity index (χ3n) is 4.79. The minimum atomic E-state index is -1.16. The SMILES string of the molecule is COc1ccc(C)cc1NC(=O)[C@@H](OC(=O)c1ccc2c(c1)OCO2)c1ccccc1. The van der Waals surface area contributed by atoms with Crippen LogP contribution in [0.25, 0.3) is 0 Å². The zero-order valence-corrected chi connectivity index (χ0v) is 17.1. The summed E-state index contributed by atoms with van der Waals surface area (Å²) in [6.07, 6.45) is -1.16. The van der Waals surface area contributed by atoms with Crippen LogP contribution in [0.4, 0.5) is 5.69 Å². The Morgan fingerprint density at radius 2 is 1.74 bits per heavy atom. The highest BCUT2D eigenvalue weighted by Crippen LogP contribution is 2.33. The number of benzene rings is 3. The van der Waals surface area contributed by atoms with E-state index in [1.165, 1.54) is 13.2 Å². The van der Waals surface area contributed by atoms with E-state index in [9.17, 15) is 9.59 Å². The Kier molecular flexibility index (Phi) is 5.75. The molecule has 0 aromatic heterocycles. The topological polar surface area (TPSA) is 83.1 Å². The molecule has 1 heterocycles. The second kappa shape index (κ2) is 8.79. The van der Waals surface area contributed by atoms with Crippen molar-refractivity contribution in [3.63, 3.8) is 0 Å². The Morgan fingerprint density at radius 1 is 0.968 bits per heavy atom. The first-order valence-electron chi connectivity index (χ1n) is 9.66. The summed E-state index contributed by atoms with van der Waals surface area (Å²) < 4.78 is 21.6. The van der Waals surface area contributed by atoms with Crippen molar-refractivity contribution in [1.82, 2.24) is 0 Å². The number of amides is 1. The van der Waals surface area contributed by atoms with Crippen molar-refractivity contribution in [3.05, 3.63) is 83.4 Å². The maximum atomic E-state index is 13.2. The van der Waals surface area contributed by atoms with Crippen molar-refractivity contribution in [2.24, 2.45) is 0 Å². The van der Waals surface area contributed by atoms with Crippen LogP contribution in [-0.2, 0) is 9.53 Å². The molecule has 7 heteroatoms. The summed E-state index contributed by atoms with van der Waals surface area (Å²) in [5, 5.41) is 2.81. The van der Waals surface area contributed by atoms with Crippen LogP contribution in [0.2, 0.25) is 0 Å². The van der Waals surface area contributed by atoms with E-state index in [1.54, 1.807) is 48.5 Å². The quantitative estimate of drug-likeness (QED) is 0.601. The molecule has 0 fully saturated rings. The molecule has 158 valence electrons. The lowest BCUT2D eigenvalue weighted by Crippen LogP contribution is -2.26. The van der Waals surface area contributed by atoms with Gasteiger partial charge in [-0.1, -0.05) is 36.4 Å². The molecule has 1 N–H and O–H groups in total. The molecule has 3 aromatic carbocycles. The van der Waals surface area contributed by atoms with E-state index in [-0.39, 0.29) is 12.4 Å². The van der Waals surface area contributed by atoms with Gasteiger partial charge < -0.3 is 24.3 Å². The predicted octanol–water partition coefficient (Wildman–Crippen LogP) is 4.27. The lowest BCUT2D eigenvalue weighted by Gasteiger charge is -2.19. The van der Waals surface area contributed by atoms with Gasteiger partial charge in [-0.3, -0.25) is 4.79 Å². The smallest absolute Gasteiger partial charge is 0.339 e. The molecule has 1 amide bonds. The Bertz CT molecular complexity index is 1110. The molecular weight excluding hydrogens is 398 g/mol. The molecule has 0 bridgehead atoms. The van der Waals surface area contributed by atoms with E-state index in [0.717, 1.165) is 5.56 Å². The van der Waals surface area contributed by atoms with Crippen molar-refractivity contribution in [1.29, 1.82) is 0 Å². The molecule has 1 aliphatic heterocycles. The van der Waals surface area contributed by atoms with Crippen LogP contribution in [0, 0.1) is 6.92 Å². The zero-order valence-electron chi connectivity index (χ0n) is 17.1. The lowest BCUT2D eigenvalue weighted by atomic mass is 10.1. The first-order chi connectivity index (χ1) is 15.0. The average molecular weight is 419 g/mol. The van der Waals surface area contributed by atoms with Crippen LogP contribution < -0.4 is 19.5 Å². The molecule has 0 unspecified atom stereocenters. The first kappa shape index (κ1) is 20.3. The van der Waals surface area contributed by atoms with Crippen molar-refractivity contribution in [2.45, 2.75) is 13.0 Å². The molecule has 0 spiro atoms. The highest BCUT2D eigenvalue weighted by Gasteiger charge is 2.27. The van der Waals surface area contributed by atoms with E-state index in [0.29, 0.717) is 28.5 Å². The van der Waals surface area contributed by atoms with Gasteiger partial charge in [-0.25, -0.2) is 4.79 Å². The molecular formula is C24H21NO6. The lowest BCUT2D eigenvalue weighted by molar-refractivity contribution is -0.125. The number of anilines is 1. The molecule has 3 aromatic rings. The Hall–Kier alpha value is -4.00. The summed E-state index contributed by atoms with van der Waals surface area (Å²) in [4.78, 5) is 26.0. The zero-order chi connectivity index (χ0) is 21.8. The fourth-order valence-corrected chi connectivity index (χ4v) is 3.22. The summed E-state index contributed by atoms with van der Waals surface area (Å²) in [5.74, 6) is 0.371. The number of hydrogen-bond donors (Lipinski definition) is 1. The van der Waals surface area contributed by atoms with Crippen LogP contribution in [0.3, 0.4) is 0 Å². The van der Waals surface area contributed by atoms with Crippen LogP contribution >= 0.6 is 0 Å². The fourth-order valence-electron chi connectivity index (χ4n) is 3.22. The number of rotatable bonds is 6. The van der Waals surface area contributed by atoms with Gasteiger partial charge in [0.25, 0.3) is 5.91 Å². The molecule has 4 rings (SSSR count). The molecule has 0 radical (unpaired) electrons. The number of methoxy groups -OCH3 is 1. The van der Waals surface area contributed by atoms with Crippen molar-refractivity contribution in [2.75, 3.05) is 19.2 Å². The van der Waals surface area contributed by atoms with Crippen molar-refractivity contribution in [3.8, 4) is 17.2 Å². The highest BCUT2D eigenvalue weighted by atomic mass is 16.7. The average Bonchev–Trinajstić information content (AvgIpc) is 3.26. The van der Waals surface area contributed by atoms with Crippen LogP contribution in [-0.4, -0.2) is 25.8 Å². The molecule has 1 aliphatic rings. The number of carbonyl (C=O) groups excluding carboxylic acids is 2. The maximum Gasteiger partial charge on any atom is 0.339 e. The number of fused-ring (bicyclic) bond motifs is 1. The van der Waals surface area contributed by atoms with Crippen molar-refractivity contribution >= 4 is 17.6 Å². The second-order valence-electron chi connectivity index (χ2n) is 6.96. The predicted molar refractivity (Wildman–Crippen MR) is 114 cm³/mol. The Morgan fingerprint density at radius 3 is 2.52 bits per heavy atom. The number of hydrogen-bond acceptors (Lipinski definition) is 6. The van der Waals surface area contributed by atoms with Gasteiger partial charge in [0.05, 0.1) is 18.4 Å². The van der Waals surface area contributed by atoms with Gasteiger partial charge in [0, 0.05) is 5.56 Å². The molecule has 0 saturated heterocycles. The van der Waals surface area contributed by atoms with E-state index >= 15 is 0 Å². The molecule has 1 atom stereocenters. The summed E-state index contributed by atoms with van der Waals surface area (Å²) in [7, 11) is 1.52. The van der Waals surface area contributed by atoms with Crippen molar-refractivity contribution < 1.29 is 28.5 Å². The second-order valence-corrected chi connectivity index (χ2v) is 6.96. The molecule has 7 nitrogen and oxygen atoms in total. The first-order valence-corrected chi connectivity index (χ1v) is 9.66. The summed E-state index contributed by atoms with van der Waals surface area (Å²) in [6, 6.07) is 19.0. The molecule has 0 aliphatic carbocycles. The van der Waals surface area contributed by atoms with Gasteiger partial charge in [-0.2, -0.15) is 0 Å². The van der Waals surface area contributed by atoms with E-state index in [4.69, 9.17) is 18.9 Å². The summed E-state index contributed by atoms with van der Waals surface area (Å²) in [5.41, 5.74) is 2.24. The third kappa shape index (κ3) is 4.45. The van der Waals surface area contributed by atoms with Gasteiger partial charge in [0.15, 0.2) is 11.5 Å². The van der Waals surface area contributed by atoms with E-state index in [2.05, 4.69) is 5.32 Å². The normalized spacial score (nSPS) is 12.7. The van der Waals surface area contributed by atoms with E-state index < -0.39 is 18.0 Å². The van der Waals surface area contributed by atoms with Gasteiger partial charge in [-0.15, -0.1) is 0 Å². The van der Waals surface area contributed by atoms with Crippen LogP contribution in [0.15, 0.2) is 66.7 Å². The van der Waals surface area contributed by atoms with Gasteiger partial charge >= 0.3 is 5.97 Å². The Labute approximate surface area is 179 Å². The highest BCUT2D eigenvalue weighted by molar-refractivity contribution is 5.99. The summed E-state index contributed by atoms with van der Waals surface area (Å²) >= 11 is 0. The van der Waals surface area contributed by atoms with Gasteiger partial charge in [0.2, 0.25) is 12.9 Å². The van der Waals surface area contributed by atoms with Gasteiger partial charge in [0.1, 0.15) is 5.75 Å². The fraction of sp³-hybridized carbons (Fsp3) is 0.167. The molecule has 31 heavy (non-hydrogen) atoms. The van der Waals surface area contributed by atoms with Gasteiger partial charge in [-0.05, 0) is 42.8 Å². The van der Waals surface area contributed by atoms with Crippen LogP contribution in [0.1, 0.15) is 27.6 Å². The maximum absolute atomic E-state index is 13.2. The third-order valence-corrected chi connectivity index (χ3v) is 4.79. The van der Waals surface area contributed by atoms with E-state index in [1.807, 2.05) is 19.1 Å². The van der Waals surface area contributed by atoms with Crippen LogP contribution in [0.5, 0.6) is 17.2 Å².